The number of aromatic nitrogens is 1. The molecule has 2 rings (SSSR count). The van der Waals surface area contributed by atoms with Crippen LogP contribution in [0.2, 0.25) is 0 Å². The molecular weight excluding hydrogens is 172 g/mol. The van der Waals surface area contributed by atoms with Crippen molar-refractivity contribution >= 4 is 5.82 Å². The monoisotopic (exact) mass is 190 g/mol. The summed E-state index contributed by atoms with van der Waals surface area (Å²) in [6.45, 7) is 2.03. The second-order valence-corrected chi connectivity index (χ2v) is 4.14. The molecule has 0 saturated heterocycles. The van der Waals surface area contributed by atoms with Gasteiger partial charge in [-0.05, 0) is 31.9 Å². The average molecular weight is 190 g/mol. The zero-order chi connectivity index (χ0) is 9.80. The molecule has 1 heterocycles. The van der Waals surface area contributed by atoms with Gasteiger partial charge in [0.05, 0.1) is 0 Å². The van der Waals surface area contributed by atoms with E-state index < -0.39 is 0 Å². The first-order valence-corrected chi connectivity index (χ1v) is 5.55. The van der Waals surface area contributed by atoms with E-state index >= 15 is 0 Å². The maximum Gasteiger partial charge on any atom is 0.126 e. The van der Waals surface area contributed by atoms with Crippen molar-refractivity contribution in [2.45, 2.75) is 45.1 Å². The largest absolute Gasteiger partial charge is 0.367 e. The van der Waals surface area contributed by atoms with Crippen LogP contribution in [-0.4, -0.2) is 11.0 Å². The lowest BCUT2D eigenvalue weighted by atomic mass is 9.95. The third-order valence-corrected chi connectivity index (χ3v) is 2.85. The summed E-state index contributed by atoms with van der Waals surface area (Å²) in [7, 11) is 0. The van der Waals surface area contributed by atoms with Crippen LogP contribution in [0.15, 0.2) is 18.2 Å². The van der Waals surface area contributed by atoms with Crippen molar-refractivity contribution in [2.75, 3.05) is 5.32 Å². The van der Waals surface area contributed by atoms with Gasteiger partial charge in [0.1, 0.15) is 5.82 Å². The highest BCUT2D eigenvalue weighted by molar-refractivity contribution is 5.36. The highest BCUT2D eigenvalue weighted by Crippen LogP contribution is 2.20. The van der Waals surface area contributed by atoms with Crippen LogP contribution < -0.4 is 5.32 Å². The number of aryl methyl sites for hydroxylation is 1. The molecule has 0 bridgehead atoms. The summed E-state index contributed by atoms with van der Waals surface area (Å²) in [6, 6.07) is 6.80. The van der Waals surface area contributed by atoms with E-state index in [0.29, 0.717) is 6.04 Å². The third-order valence-electron chi connectivity index (χ3n) is 2.85. The molecule has 76 valence electrons. The fourth-order valence-electron chi connectivity index (χ4n) is 2.08. The van der Waals surface area contributed by atoms with Gasteiger partial charge in [-0.15, -0.1) is 0 Å². The smallest absolute Gasteiger partial charge is 0.126 e. The van der Waals surface area contributed by atoms with Crippen LogP contribution in [0.5, 0.6) is 0 Å². The molecule has 0 spiro atoms. The van der Waals surface area contributed by atoms with Gasteiger partial charge in [0.15, 0.2) is 0 Å². The Morgan fingerprint density at radius 2 is 2.00 bits per heavy atom. The van der Waals surface area contributed by atoms with Crippen LogP contribution in [0, 0.1) is 6.92 Å². The van der Waals surface area contributed by atoms with Crippen LogP contribution >= 0.6 is 0 Å². The van der Waals surface area contributed by atoms with E-state index in [0.717, 1.165) is 11.5 Å². The molecule has 0 atom stereocenters. The van der Waals surface area contributed by atoms with E-state index in [9.17, 15) is 0 Å². The van der Waals surface area contributed by atoms with Crippen molar-refractivity contribution in [2.24, 2.45) is 0 Å². The molecule has 2 heteroatoms. The Morgan fingerprint density at radius 1 is 1.21 bits per heavy atom. The van der Waals surface area contributed by atoms with Gasteiger partial charge in [0, 0.05) is 11.7 Å². The number of hydrogen-bond acceptors (Lipinski definition) is 2. The molecule has 1 N–H and O–H groups in total. The minimum Gasteiger partial charge on any atom is -0.367 e. The minimum absolute atomic E-state index is 0.651. The van der Waals surface area contributed by atoms with Crippen LogP contribution in [0.4, 0.5) is 5.82 Å². The zero-order valence-corrected chi connectivity index (χ0v) is 8.79. The fraction of sp³-hybridized carbons (Fsp3) is 0.583. The number of nitrogens with zero attached hydrogens (tertiary/aromatic N) is 1. The van der Waals surface area contributed by atoms with E-state index in [1.165, 1.54) is 32.1 Å². The molecule has 0 aromatic carbocycles. The molecule has 1 aromatic rings. The SMILES string of the molecule is Cc1cccc(NC2CCCCC2)n1. The number of hydrogen-bond donors (Lipinski definition) is 1. The van der Waals surface area contributed by atoms with Gasteiger partial charge in [0.25, 0.3) is 0 Å². The highest BCUT2D eigenvalue weighted by Gasteiger charge is 2.12. The summed E-state index contributed by atoms with van der Waals surface area (Å²) in [5.41, 5.74) is 1.09. The lowest BCUT2D eigenvalue weighted by molar-refractivity contribution is 0.462. The maximum atomic E-state index is 4.46. The van der Waals surface area contributed by atoms with Gasteiger partial charge in [0.2, 0.25) is 0 Å². The lowest BCUT2D eigenvalue weighted by Gasteiger charge is -2.23. The fourth-order valence-corrected chi connectivity index (χ4v) is 2.08. The van der Waals surface area contributed by atoms with Crippen molar-refractivity contribution in [3.8, 4) is 0 Å². The summed E-state index contributed by atoms with van der Waals surface area (Å²) in [5, 5.41) is 3.51. The molecule has 0 unspecified atom stereocenters. The van der Waals surface area contributed by atoms with Crippen LogP contribution in [0.25, 0.3) is 0 Å². The van der Waals surface area contributed by atoms with Gasteiger partial charge in [-0.2, -0.15) is 0 Å². The van der Waals surface area contributed by atoms with E-state index in [2.05, 4.69) is 22.4 Å². The van der Waals surface area contributed by atoms with Crippen LogP contribution in [0.3, 0.4) is 0 Å². The van der Waals surface area contributed by atoms with E-state index in [1.807, 2.05) is 13.0 Å². The van der Waals surface area contributed by atoms with E-state index in [-0.39, 0.29) is 0 Å². The van der Waals surface area contributed by atoms with Gasteiger partial charge in [-0.1, -0.05) is 25.3 Å². The minimum atomic E-state index is 0.651. The molecule has 1 aliphatic rings. The van der Waals surface area contributed by atoms with Crippen molar-refractivity contribution in [1.29, 1.82) is 0 Å². The summed E-state index contributed by atoms with van der Waals surface area (Å²) < 4.78 is 0. The van der Waals surface area contributed by atoms with Crippen molar-refractivity contribution < 1.29 is 0 Å². The Morgan fingerprint density at radius 3 is 2.71 bits per heavy atom. The first-order valence-electron chi connectivity index (χ1n) is 5.55. The van der Waals surface area contributed by atoms with Gasteiger partial charge in [-0.3, -0.25) is 0 Å². The van der Waals surface area contributed by atoms with Gasteiger partial charge < -0.3 is 5.32 Å². The molecule has 0 aliphatic heterocycles. The van der Waals surface area contributed by atoms with Gasteiger partial charge >= 0.3 is 0 Å². The second-order valence-electron chi connectivity index (χ2n) is 4.14. The molecule has 14 heavy (non-hydrogen) atoms. The molecule has 1 fully saturated rings. The zero-order valence-electron chi connectivity index (χ0n) is 8.79. The molecule has 1 aliphatic carbocycles. The average Bonchev–Trinajstić information content (AvgIpc) is 2.19. The standard InChI is InChI=1S/C12H18N2/c1-10-6-5-9-12(13-10)14-11-7-3-2-4-8-11/h5-6,9,11H,2-4,7-8H2,1H3,(H,13,14). The quantitative estimate of drug-likeness (QED) is 0.775. The van der Waals surface area contributed by atoms with Crippen molar-refractivity contribution in [3.63, 3.8) is 0 Å². The Balaban J connectivity index is 1.95. The third kappa shape index (κ3) is 2.47. The number of anilines is 1. The first kappa shape index (κ1) is 9.50. The number of nitrogens with one attached hydrogen (secondary N) is 1. The summed E-state index contributed by atoms with van der Waals surface area (Å²) in [5.74, 6) is 1.04. The Hall–Kier alpha value is -1.05. The van der Waals surface area contributed by atoms with Crippen LogP contribution in [0.1, 0.15) is 37.8 Å². The summed E-state index contributed by atoms with van der Waals surface area (Å²) in [6.07, 6.45) is 6.73. The lowest BCUT2D eigenvalue weighted by Crippen LogP contribution is -2.22. The van der Waals surface area contributed by atoms with Crippen molar-refractivity contribution in [1.82, 2.24) is 4.98 Å². The second kappa shape index (κ2) is 4.45. The predicted molar refractivity (Wildman–Crippen MR) is 59.5 cm³/mol. The number of rotatable bonds is 2. The topological polar surface area (TPSA) is 24.9 Å². The van der Waals surface area contributed by atoms with E-state index in [4.69, 9.17) is 0 Å². The van der Waals surface area contributed by atoms with Gasteiger partial charge in [-0.25, -0.2) is 4.98 Å². The van der Waals surface area contributed by atoms with E-state index in [1.54, 1.807) is 0 Å². The predicted octanol–water partition coefficient (Wildman–Crippen LogP) is 3.13. The Kier molecular flexibility index (Phi) is 3.02. The molecule has 0 amide bonds. The molecule has 2 nitrogen and oxygen atoms in total. The maximum absolute atomic E-state index is 4.46. The first-order chi connectivity index (χ1) is 6.84. The summed E-state index contributed by atoms with van der Waals surface area (Å²) in [4.78, 5) is 4.46. The number of pyridine rings is 1. The Labute approximate surface area is 85.7 Å². The summed E-state index contributed by atoms with van der Waals surface area (Å²) >= 11 is 0. The Bertz CT molecular complexity index is 290. The normalized spacial score (nSPS) is 18.1. The highest BCUT2D eigenvalue weighted by atomic mass is 15.0. The van der Waals surface area contributed by atoms with Crippen molar-refractivity contribution in [3.05, 3.63) is 23.9 Å². The molecule has 1 saturated carbocycles. The molecule has 0 radical (unpaired) electrons. The molecule has 1 aromatic heterocycles. The molecular formula is C12H18N2. The van der Waals surface area contributed by atoms with Crippen LogP contribution in [-0.2, 0) is 0 Å².